The normalized spacial score (nSPS) is 11.1. The van der Waals surface area contributed by atoms with Crippen LogP contribution >= 0.6 is 11.3 Å². The summed E-state index contributed by atoms with van der Waals surface area (Å²) < 4.78 is 0. The number of fused-ring (bicyclic) bond motifs is 1. The van der Waals surface area contributed by atoms with E-state index in [1.165, 1.54) is 5.56 Å². The number of aromatic amines is 1. The number of H-pyrrole nitrogens is 1. The van der Waals surface area contributed by atoms with E-state index in [-0.39, 0.29) is 0 Å². The summed E-state index contributed by atoms with van der Waals surface area (Å²) in [6.45, 7) is 4.19. The molecule has 0 aliphatic rings. The van der Waals surface area contributed by atoms with Gasteiger partial charge in [0.05, 0.1) is 16.7 Å². The molecule has 5 nitrogen and oxygen atoms in total. The highest BCUT2D eigenvalue weighted by Gasteiger charge is 2.11. The molecule has 142 valence electrons. The van der Waals surface area contributed by atoms with Crippen molar-refractivity contribution in [2.45, 2.75) is 13.8 Å². The van der Waals surface area contributed by atoms with E-state index in [2.05, 4.69) is 53.4 Å². The van der Waals surface area contributed by atoms with E-state index in [0.29, 0.717) is 0 Å². The van der Waals surface area contributed by atoms with E-state index in [0.717, 1.165) is 50.1 Å². The maximum atomic E-state index is 4.82. The summed E-state index contributed by atoms with van der Waals surface area (Å²) in [7, 11) is 0. The molecule has 29 heavy (non-hydrogen) atoms. The van der Waals surface area contributed by atoms with Gasteiger partial charge >= 0.3 is 0 Å². The molecule has 2 aromatic carbocycles. The van der Waals surface area contributed by atoms with Gasteiger partial charge in [0.2, 0.25) is 0 Å². The van der Waals surface area contributed by atoms with Crippen molar-refractivity contribution >= 4 is 33.2 Å². The Balaban J connectivity index is 1.47. The van der Waals surface area contributed by atoms with Gasteiger partial charge < -0.3 is 10.3 Å². The second-order valence-electron chi connectivity index (χ2n) is 6.99. The molecule has 0 amide bonds. The molecule has 0 atom stereocenters. The van der Waals surface area contributed by atoms with Gasteiger partial charge in [0.1, 0.15) is 5.82 Å². The first-order valence-electron chi connectivity index (χ1n) is 9.37. The van der Waals surface area contributed by atoms with E-state index in [9.17, 15) is 0 Å². The third-order valence-electron chi connectivity index (χ3n) is 4.93. The Morgan fingerprint density at radius 1 is 0.966 bits per heavy atom. The quantitative estimate of drug-likeness (QED) is 0.384. The Bertz CT molecular complexity index is 1300. The zero-order valence-corrected chi connectivity index (χ0v) is 16.9. The van der Waals surface area contributed by atoms with Crippen LogP contribution < -0.4 is 5.32 Å². The van der Waals surface area contributed by atoms with Crippen molar-refractivity contribution in [1.82, 2.24) is 19.9 Å². The smallest absolute Gasteiger partial charge is 0.187 e. The van der Waals surface area contributed by atoms with Crippen LogP contribution in [0, 0.1) is 13.8 Å². The summed E-state index contributed by atoms with van der Waals surface area (Å²) in [5, 5.41) is 6.34. The molecule has 0 spiro atoms. The molecule has 2 N–H and O–H groups in total. The number of aryl methyl sites for hydroxylation is 2. The van der Waals surface area contributed by atoms with Gasteiger partial charge in [-0.05, 0) is 49.2 Å². The number of nitrogens with one attached hydrogen (secondary N) is 2. The first-order chi connectivity index (χ1) is 14.2. The summed E-state index contributed by atoms with van der Waals surface area (Å²) in [5.74, 6) is 0.891. The largest absolute Gasteiger partial charge is 0.338 e. The number of rotatable bonds is 4. The van der Waals surface area contributed by atoms with Gasteiger partial charge in [-0.25, -0.2) is 9.97 Å². The molecular formula is C23H19N5S. The van der Waals surface area contributed by atoms with Crippen LogP contribution in [0.3, 0.4) is 0 Å². The lowest BCUT2D eigenvalue weighted by Gasteiger charge is -2.06. The fourth-order valence-corrected chi connectivity index (χ4v) is 4.09. The second kappa shape index (κ2) is 7.14. The Labute approximate surface area is 172 Å². The van der Waals surface area contributed by atoms with Crippen LogP contribution in [0.25, 0.3) is 33.7 Å². The molecule has 3 aromatic heterocycles. The monoisotopic (exact) mass is 397 g/mol. The lowest BCUT2D eigenvalue weighted by atomic mass is 10.1. The number of anilines is 2. The number of imidazole rings is 1. The molecule has 5 rings (SSSR count). The lowest BCUT2D eigenvalue weighted by Crippen LogP contribution is -1.93. The topological polar surface area (TPSA) is 66.5 Å². The Morgan fingerprint density at radius 3 is 2.69 bits per heavy atom. The van der Waals surface area contributed by atoms with E-state index < -0.39 is 0 Å². The van der Waals surface area contributed by atoms with Crippen LogP contribution in [0.15, 0.2) is 66.3 Å². The number of hydrogen-bond donors (Lipinski definition) is 2. The predicted octanol–water partition coefficient (Wildman–Crippen LogP) is 6.11. The zero-order chi connectivity index (χ0) is 19.8. The number of aromatic nitrogens is 4. The van der Waals surface area contributed by atoms with Crippen LogP contribution in [0.4, 0.5) is 10.8 Å². The summed E-state index contributed by atoms with van der Waals surface area (Å²) in [6, 6.07) is 16.4. The van der Waals surface area contributed by atoms with Crippen molar-refractivity contribution in [3.05, 3.63) is 77.4 Å². The molecular weight excluding hydrogens is 378 g/mol. The van der Waals surface area contributed by atoms with Crippen molar-refractivity contribution in [2.24, 2.45) is 0 Å². The number of pyridine rings is 1. The average molecular weight is 398 g/mol. The minimum Gasteiger partial charge on any atom is -0.338 e. The van der Waals surface area contributed by atoms with E-state index in [4.69, 9.17) is 9.97 Å². The van der Waals surface area contributed by atoms with Gasteiger partial charge in [0.25, 0.3) is 0 Å². The highest BCUT2D eigenvalue weighted by Crippen LogP contribution is 2.31. The Morgan fingerprint density at radius 2 is 1.86 bits per heavy atom. The Kier molecular flexibility index (Phi) is 4.33. The van der Waals surface area contributed by atoms with Crippen molar-refractivity contribution < 1.29 is 0 Å². The van der Waals surface area contributed by atoms with Crippen LogP contribution in [0.1, 0.15) is 11.1 Å². The van der Waals surface area contributed by atoms with Crippen LogP contribution in [-0.4, -0.2) is 19.9 Å². The highest BCUT2D eigenvalue weighted by molar-refractivity contribution is 7.14. The molecule has 0 aliphatic heterocycles. The number of nitrogens with zero attached hydrogens (tertiary/aromatic N) is 3. The maximum Gasteiger partial charge on any atom is 0.187 e. The SMILES string of the molecule is Cc1cc2[nH]c(-c3ccccc3C)nc2cc1Nc1nc(-c2cccnc2)cs1. The average Bonchev–Trinajstić information content (AvgIpc) is 3.36. The summed E-state index contributed by atoms with van der Waals surface area (Å²) in [6.07, 6.45) is 3.59. The molecule has 0 bridgehead atoms. The Hall–Kier alpha value is -3.51. The van der Waals surface area contributed by atoms with Gasteiger partial charge in [-0.2, -0.15) is 0 Å². The molecule has 0 radical (unpaired) electrons. The van der Waals surface area contributed by atoms with Gasteiger partial charge in [0, 0.05) is 34.6 Å². The second-order valence-corrected chi connectivity index (χ2v) is 7.85. The van der Waals surface area contributed by atoms with Crippen LogP contribution in [-0.2, 0) is 0 Å². The van der Waals surface area contributed by atoms with Crippen LogP contribution in [0.5, 0.6) is 0 Å². The highest BCUT2D eigenvalue weighted by atomic mass is 32.1. The van der Waals surface area contributed by atoms with Crippen molar-refractivity contribution in [2.75, 3.05) is 5.32 Å². The first kappa shape index (κ1) is 17.6. The van der Waals surface area contributed by atoms with Gasteiger partial charge in [-0.1, -0.05) is 24.3 Å². The number of hydrogen-bond acceptors (Lipinski definition) is 5. The maximum absolute atomic E-state index is 4.82. The lowest BCUT2D eigenvalue weighted by molar-refractivity contribution is 1.30. The van der Waals surface area contributed by atoms with Gasteiger partial charge in [-0.15, -0.1) is 11.3 Å². The minimum atomic E-state index is 0.848. The predicted molar refractivity (Wildman–Crippen MR) is 120 cm³/mol. The molecule has 5 aromatic rings. The molecule has 0 aliphatic carbocycles. The van der Waals surface area contributed by atoms with Crippen molar-refractivity contribution in [3.8, 4) is 22.6 Å². The van der Waals surface area contributed by atoms with Gasteiger partial charge in [0.15, 0.2) is 5.13 Å². The zero-order valence-electron chi connectivity index (χ0n) is 16.1. The summed E-state index contributed by atoms with van der Waals surface area (Å²) in [5.41, 5.74) is 8.36. The fraction of sp³-hybridized carbons (Fsp3) is 0.0870. The van der Waals surface area contributed by atoms with Crippen molar-refractivity contribution in [3.63, 3.8) is 0 Å². The fourth-order valence-electron chi connectivity index (χ4n) is 3.36. The van der Waals surface area contributed by atoms with Crippen LogP contribution in [0.2, 0.25) is 0 Å². The van der Waals surface area contributed by atoms with Gasteiger partial charge in [-0.3, -0.25) is 4.98 Å². The standard InChI is InChI=1S/C23H19N5S/c1-14-6-3-4-8-17(14)22-25-19-10-15(2)18(11-20(19)26-22)27-23-28-21(13-29-23)16-7-5-9-24-12-16/h3-13H,1-2H3,(H,25,26)(H,27,28). The van der Waals surface area contributed by atoms with E-state index >= 15 is 0 Å². The minimum absolute atomic E-state index is 0.848. The van der Waals surface area contributed by atoms with E-state index in [1.807, 2.05) is 35.8 Å². The summed E-state index contributed by atoms with van der Waals surface area (Å²) in [4.78, 5) is 17.1. The van der Waals surface area contributed by atoms with E-state index in [1.54, 1.807) is 17.5 Å². The molecule has 0 fully saturated rings. The molecule has 3 heterocycles. The molecule has 0 saturated heterocycles. The first-order valence-corrected chi connectivity index (χ1v) is 10.2. The third kappa shape index (κ3) is 3.39. The molecule has 6 heteroatoms. The van der Waals surface area contributed by atoms with Crippen molar-refractivity contribution in [1.29, 1.82) is 0 Å². The number of benzene rings is 2. The summed E-state index contributed by atoms with van der Waals surface area (Å²) >= 11 is 1.58. The number of thiazole rings is 1. The molecule has 0 saturated carbocycles. The molecule has 0 unspecified atom stereocenters. The third-order valence-corrected chi connectivity index (χ3v) is 5.69.